The lowest BCUT2D eigenvalue weighted by Crippen LogP contribution is -2.22. The normalized spacial score (nSPS) is 15.8. The van der Waals surface area contributed by atoms with Crippen LogP contribution in [0.3, 0.4) is 0 Å². The molecule has 0 N–H and O–H groups in total. The van der Waals surface area contributed by atoms with Crippen LogP contribution in [0.1, 0.15) is 35.1 Å². The molecule has 0 unspecified atom stereocenters. The Morgan fingerprint density at radius 3 is 2.44 bits per heavy atom. The van der Waals surface area contributed by atoms with E-state index in [2.05, 4.69) is 0 Å². The van der Waals surface area contributed by atoms with E-state index in [0.29, 0.717) is 28.4 Å². The number of fused-ring (bicyclic) bond motifs is 1. The van der Waals surface area contributed by atoms with Gasteiger partial charge >= 0.3 is 6.18 Å². The minimum absolute atomic E-state index is 0.0807. The number of rotatable bonds is 6. The molecule has 3 aromatic rings. The predicted molar refractivity (Wildman–Crippen MR) is 120 cm³/mol. The van der Waals surface area contributed by atoms with Crippen molar-refractivity contribution in [3.63, 3.8) is 0 Å². The van der Waals surface area contributed by atoms with Crippen LogP contribution in [0.15, 0.2) is 54.6 Å². The SMILES string of the molecule is COc1ccc(C(F)(F)F)cc1-c1cc(CC(=O)C2(c3ccc4c(c3)OCO4)CC2)ccc1C. The van der Waals surface area contributed by atoms with E-state index in [-0.39, 0.29) is 19.0 Å². The Labute approximate surface area is 195 Å². The van der Waals surface area contributed by atoms with Gasteiger partial charge in [-0.3, -0.25) is 4.79 Å². The van der Waals surface area contributed by atoms with E-state index in [1.165, 1.54) is 13.2 Å². The molecule has 0 bridgehead atoms. The second kappa shape index (κ2) is 8.08. The first kappa shape index (κ1) is 22.3. The summed E-state index contributed by atoms with van der Waals surface area (Å²) >= 11 is 0. The second-order valence-electron chi connectivity index (χ2n) is 8.81. The first-order valence-corrected chi connectivity index (χ1v) is 11.0. The largest absolute Gasteiger partial charge is 0.496 e. The van der Waals surface area contributed by atoms with Crippen molar-refractivity contribution >= 4 is 5.78 Å². The van der Waals surface area contributed by atoms with E-state index in [0.717, 1.165) is 41.7 Å². The summed E-state index contributed by atoms with van der Waals surface area (Å²) in [6, 6.07) is 14.5. The quantitative estimate of drug-likeness (QED) is 0.428. The van der Waals surface area contributed by atoms with Crippen molar-refractivity contribution in [1.29, 1.82) is 0 Å². The van der Waals surface area contributed by atoms with E-state index in [4.69, 9.17) is 14.2 Å². The standard InChI is InChI=1S/C27H23F3O4/c1-16-3-4-17(11-20(16)21-13-19(27(28,29)30)6-7-22(21)32-2)12-25(31)26(9-10-26)18-5-8-23-24(14-18)34-15-33-23/h3-8,11,13-14H,9-10,12,15H2,1-2H3. The van der Waals surface area contributed by atoms with Crippen LogP contribution in [0.25, 0.3) is 11.1 Å². The number of methoxy groups -OCH3 is 1. The monoisotopic (exact) mass is 468 g/mol. The van der Waals surface area contributed by atoms with E-state index >= 15 is 0 Å². The number of ketones is 1. The van der Waals surface area contributed by atoms with Crippen LogP contribution in [-0.4, -0.2) is 19.7 Å². The van der Waals surface area contributed by atoms with Gasteiger partial charge in [0.1, 0.15) is 11.5 Å². The third-order valence-electron chi connectivity index (χ3n) is 6.69. The number of Topliss-reactive ketones (excluding diaryl/α,β-unsaturated/α-hetero) is 1. The molecule has 7 heteroatoms. The topological polar surface area (TPSA) is 44.8 Å². The molecular weight excluding hydrogens is 445 g/mol. The van der Waals surface area contributed by atoms with Gasteiger partial charge < -0.3 is 14.2 Å². The van der Waals surface area contributed by atoms with Crippen LogP contribution in [0.2, 0.25) is 0 Å². The van der Waals surface area contributed by atoms with E-state index in [9.17, 15) is 18.0 Å². The Morgan fingerprint density at radius 2 is 1.74 bits per heavy atom. The molecule has 0 saturated heterocycles. The lowest BCUT2D eigenvalue weighted by atomic mass is 9.86. The van der Waals surface area contributed by atoms with Gasteiger partial charge in [-0.15, -0.1) is 0 Å². The molecule has 5 rings (SSSR count). The summed E-state index contributed by atoms with van der Waals surface area (Å²) in [6.45, 7) is 2.00. The van der Waals surface area contributed by atoms with Crippen molar-refractivity contribution in [2.75, 3.05) is 13.9 Å². The fourth-order valence-electron chi connectivity index (χ4n) is 4.57. The van der Waals surface area contributed by atoms with Crippen molar-refractivity contribution in [3.05, 3.63) is 76.9 Å². The molecule has 1 heterocycles. The van der Waals surface area contributed by atoms with Gasteiger partial charge in [-0.05, 0) is 72.4 Å². The van der Waals surface area contributed by atoms with E-state index < -0.39 is 17.2 Å². The number of carbonyl (C=O) groups excluding carboxylic acids is 1. The molecule has 0 radical (unpaired) electrons. The third kappa shape index (κ3) is 3.89. The van der Waals surface area contributed by atoms with Gasteiger partial charge in [0.25, 0.3) is 0 Å². The highest BCUT2D eigenvalue weighted by Gasteiger charge is 2.50. The lowest BCUT2D eigenvalue weighted by molar-refractivity contribution is -0.137. The number of hydrogen-bond donors (Lipinski definition) is 0. The highest BCUT2D eigenvalue weighted by atomic mass is 19.4. The molecule has 176 valence electrons. The number of carbonyl (C=O) groups is 1. The maximum Gasteiger partial charge on any atom is 0.416 e. The van der Waals surface area contributed by atoms with Gasteiger partial charge in [-0.25, -0.2) is 0 Å². The summed E-state index contributed by atoms with van der Waals surface area (Å²) in [5, 5.41) is 0. The zero-order valence-electron chi connectivity index (χ0n) is 18.8. The van der Waals surface area contributed by atoms with Crippen LogP contribution in [0.5, 0.6) is 17.2 Å². The molecule has 0 atom stereocenters. The summed E-state index contributed by atoms with van der Waals surface area (Å²) in [5.74, 6) is 1.74. The molecule has 34 heavy (non-hydrogen) atoms. The summed E-state index contributed by atoms with van der Waals surface area (Å²) in [7, 11) is 1.43. The smallest absolute Gasteiger partial charge is 0.416 e. The number of benzene rings is 3. The summed E-state index contributed by atoms with van der Waals surface area (Å²) in [4.78, 5) is 13.4. The minimum atomic E-state index is -4.47. The maximum absolute atomic E-state index is 13.4. The fourth-order valence-corrected chi connectivity index (χ4v) is 4.57. The molecule has 0 spiro atoms. The predicted octanol–water partition coefficient (Wildman–Crippen LogP) is 6.26. The first-order valence-electron chi connectivity index (χ1n) is 11.0. The van der Waals surface area contributed by atoms with Gasteiger partial charge in [0.2, 0.25) is 6.79 Å². The number of halogens is 3. The summed E-state index contributed by atoms with van der Waals surface area (Å²) in [6.07, 6.45) is -2.77. The minimum Gasteiger partial charge on any atom is -0.496 e. The highest BCUT2D eigenvalue weighted by Crippen LogP contribution is 2.51. The summed E-state index contributed by atoms with van der Waals surface area (Å²) < 4.78 is 56.2. The zero-order valence-corrected chi connectivity index (χ0v) is 18.8. The molecule has 1 fully saturated rings. The van der Waals surface area contributed by atoms with Gasteiger partial charge in [-0.1, -0.05) is 24.3 Å². The number of alkyl halides is 3. The van der Waals surface area contributed by atoms with E-state index in [1.54, 1.807) is 6.07 Å². The van der Waals surface area contributed by atoms with Gasteiger partial charge in [0, 0.05) is 12.0 Å². The van der Waals surface area contributed by atoms with Crippen LogP contribution < -0.4 is 14.2 Å². The number of aryl methyl sites for hydroxylation is 1. The van der Waals surface area contributed by atoms with E-state index in [1.807, 2.05) is 37.3 Å². The molecule has 0 amide bonds. The zero-order chi connectivity index (χ0) is 24.1. The molecule has 2 aliphatic rings. The number of ether oxygens (including phenoxy) is 3. The van der Waals surface area contributed by atoms with Crippen molar-refractivity contribution in [3.8, 4) is 28.4 Å². The Kier molecular flexibility index (Phi) is 5.30. The maximum atomic E-state index is 13.4. The van der Waals surface area contributed by atoms with Crippen LogP contribution in [0, 0.1) is 6.92 Å². The van der Waals surface area contributed by atoms with Crippen molar-refractivity contribution in [2.45, 2.75) is 37.8 Å². The van der Waals surface area contributed by atoms with Gasteiger partial charge in [0.15, 0.2) is 11.5 Å². The molecule has 1 saturated carbocycles. The Hall–Kier alpha value is -3.48. The average molecular weight is 468 g/mol. The van der Waals surface area contributed by atoms with Crippen molar-refractivity contribution < 1.29 is 32.2 Å². The Bertz CT molecular complexity index is 1280. The first-order chi connectivity index (χ1) is 16.2. The molecule has 3 aromatic carbocycles. The average Bonchev–Trinajstić information content (AvgIpc) is 3.50. The summed E-state index contributed by atoms with van der Waals surface area (Å²) in [5.41, 5.74) is 2.11. The number of hydrogen-bond acceptors (Lipinski definition) is 4. The third-order valence-corrected chi connectivity index (χ3v) is 6.69. The van der Waals surface area contributed by atoms with Crippen LogP contribution in [0.4, 0.5) is 13.2 Å². The Balaban J connectivity index is 1.46. The van der Waals surface area contributed by atoms with Crippen LogP contribution in [-0.2, 0) is 22.8 Å². The van der Waals surface area contributed by atoms with Gasteiger partial charge in [0.05, 0.1) is 18.1 Å². The molecule has 1 aliphatic carbocycles. The van der Waals surface area contributed by atoms with Gasteiger partial charge in [-0.2, -0.15) is 13.2 Å². The molecule has 0 aromatic heterocycles. The molecular formula is C27H23F3O4. The van der Waals surface area contributed by atoms with Crippen molar-refractivity contribution in [2.24, 2.45) is 0 Å². The Morgan fingerprint density at radius 1 is 0.971 bits per heavy atom. The highest BCUT2D eigenvalue weighted by molar-refractivity contribution is 5.95. The van der Waals surface area contributed by atoms with Crippen LogP contribution >= 0.6 is 0 Å². The fraction of sp³-hybridized carbons (Fsp3) is 0.296. The van der Waals surface area contributed by atoms with Crippen molar-refractivity contribution in [1.82, 2.24) is 0 Å². The lowest BCUT2D eigenvalue weighted by Gasteiger charge is -2.17. The molecule has 1 aliphatic heterocycles. The molecule has 4 nitrogen and oxygen atoms in total. The second-order valence-corrected chi connectivity index (χ2v) is 8.81.